The van der Waals surface area contributed by atoms with Crippen molar-refractivity contribution in [3.05, 3.63) is 28.8 Å². The minimum Gasteiger partial charge on any atom is -0.369 e. The summed E-state index contributed by atoms with van der Waals surface area (Å²) < 4.78 is 0. The number of piperazine rings is 1. The van der Waals surface area contributed by atoms with Crippen LogP contribution in [0.15, 0.2) is 18.2 Å². The third-order valence-corrected chi connectivity index (χ3v) is 4.37. The van der Waals surface area contributed by atoms with E-state index in [4.69, 9.17) is 17.3 Å². The molecule has 1 aromatic carbocycles. The van der Waals surface area contributed by atoms with Crippen LogP contribution in [-0.4, -0.2) is 37.1 Å². The van der Waals surface area contributed by atoms with Gasteiger partial charge in [0.2, 0.25) is 0 Å². The lowest BCUT2D eigenvalue weighted by atomic mass is 10.1. The van der Waals surface area contributed by atoms with E-state index < -0.39 is 0 Å². The Morgan fingerprint density at radius 3 is 2.50 bits per heavy atom. The summed E-state index contributed by atoms with van der Waals surface area (Å²) in [6.07, 6.45) is 2.79. The SMILES string of the molecule is NCc1c(Cl)cccc1N1CCN(C2CC2)CC1. The van der Waals surface area contributed by atoms with Crippen molar-refractivity contribution >= 4 is 17.3 Å². The molecule has 0 atom stereocenters. The van der Waals surface area contributed by atoms with Crippen molar-refractivity contribution in [3.8, 4) is 0 Å². The Labute approximate surface area is 114 Å². The van der Waals surface area contributed by atoms with E-state index in [1.807, 2.05) is 12.1 Å². The average Bonchev–Trinajstić information content (AvgIpc) is 3.23. The molecule has 0 bridgehead atoms. The van der Waals surface area contributed by atoms with E-state index in [1.54, 1.807) is 0 Å². The molecule has 1 saturated heterocycles. The van der Waals surface area contributed by atoms with Crippen molar-refractivity contribution < 1.29 is 0 Å². The predicted molar refractivity (Wildman–Crippen MR) is 76.2 cm³/mol. The smallest absolute Gasteiger partial charge is 0.0471 e. The number of hydrogen-bond acceptors (Lipinski definition) is 3. The number of benzene rings is 1. The van der Waals surface area contributed by atoms with Crippen molar-refractivity contribution in [2.45, 2.75) is 25.4 Å². The van der Waals surface area contributed by atoms with Crippen LogP contribution in [0.25, 0.3) is 0 Å². The largest absolute Gasteiger partial charge is 0.369 e. The zero-order chi connectivity index (χ0) is 12.5. The lowest BCUT2D eigenvalue weighted by molar-refractivity contribution is 0.248. The molecule has 0 radical (unpaired) electrons. The maximum Gasteiger partial charge on any atom is 0.0471 e. The molecule has 1 aliphatic carbocycles. The van der Waals surface area contributed by atoms with Crippen molar-refractivity contribution in [2.75, 3.05) is 31.1 Å². The van der Waals surface area contributed by atoms with E-state index in [0.717, 1.165) is 29.7 Å². The minimum absolute atomic E-state index is 0.512. The number of nitrogens with zero attached hydrogens (tertiary/aromatic N) is 2. The van der Waals surface area contributed by atoms with Crippen molar-refractivity contribution in [3.63, 3.8) is 0 Å². The summed E-state index contributed by atoms with van der Waals surface area (Å²) >= 11 is 6.22. The van der Waals surface area contributed by atoms with Gasteiger partial charge in [-0.2, -0.15) is 0 Å². The van der Waals surface area contributed by atoms with Gasteiger partial charge >= 0.3 is 0 Å². The summed E-state index contributed by atoms with van der Waals surface area (Å²) in [4.78, 5) is 5.04. The maximum absolute atomic E-state index is 6.22. The zero-order valence-electron chi connectivity index (χ0n) is 10.6. The van der Waals surface area contributed by atoms with Gasteiger partial charge < -0.3 is 10.6 Å². The van der Waals surface area contributed by atoms with Gasteiger partial charge in [0.25, 0.3) is 0 Å². The van der Waals surface area contributed by atoms with Crippen LogP contribution in [0.4, 0.5) is 5.69 Å². The zero-order valence-corrected chi connectivity index (χ0v) is 11.4. The van der Waals surface area contributed by atoms with Crippen LogP contribution in [-0.2, 0) is 6.54 Å². The second-order valence-electron chi connectivity index (χ2n) is 5.20. The highest BCUT2D eigenvalue weighted by Crippen LogP contribution is 2.31. The molecule has 2 aliphatic rings. The predicted octanol–water partition coefficient (Wildman–Crippen LogP) is 2.08. The second-order valence-corrected chi connectivity index (χ2v) is 5.60. The fourth-order valence-electron chi connectivity index (χ4n) is 2.81. The molecule has 1 heterocycles. The van der Waals surface area contributed by atoms with Crippen LogP contribution < -0.4 is 10.6 Å². The third kappa shape index (κ3) is 2.35. The van der Waals surface area contributed by atoms with Crippen LogP contribution in [0.1, 0.15) is 18.4 Å². The molecule has 1 saturated carbocycles. The molecule has 2 N–H and O–H groups in total. The second kappa shape index (κ2) is 5.08. The van der Waals surface area contributed by atoms with Gasteiger partial charge in [0, 0.05) is 55.0 Å². The highest BCUT2D eigenvalue weighted by molar-refractivity contribution is 6.31. The lowest BCUT2D eigenvalue weighted by Gasteiger charge is -2.37. The van der Waals surface area contributed by atoms with Crippen molar-refractivity contribution in [2.24, 2.45) is 5.73 Å². The summed E-state index contributed by atoms with van der Waals surface area (Å²) in [5.74, 6) is 0. The number of rotatable bonds is 3. The normalized spacial score (nSPS) is 21.3. The molecule has 1 aromatic rings. The minimum atomic E-state index is 0.512. The Morgan fingerprint density at radius 2 is 1.89 bits per heavy atom. The number of halogens is 1. The van der Waals surface area contributed by atoms with E-state index in [1.165, 1.54) is 31.6 Å². The highest BCUT2D eigenvalue weighted by atomic mass is 35.5. The van der Waals surface area contributed by atoms with Gasteiger partial charge in [-0.15, -0.1) is 0 Å². The number of nitrogens with two attached hydrogens (primary N) is 1. The summed E-state index contributed by atoms with van der Waals surface area (Å²) in [5, 5.41) is 0.791. The Balaban J connectivity index is 1.73. The summed E-state index contributed by atoms with van der Waals surface area (Å²) in [7, 11) is 0. The van der Waals surface area contributed by atoms with Gasteiger partial charge in [0.15, 0.2) is 0 Å². The van der Waals surface area contributed by atoms with E-state index in [-0.39, 0.29) is 0 Å². The molecular weight excluding hydrogens is 246 g/mol. The maximum atomic E-state index is 6.22. The standard InChI is InChI=1S/C14H20ClN3/c15-13-2-1-3-14(12(13)10-16)18-8-6-17(7-9-18)11-4-5-11/h1-3,11H,4-10,16H2. The van der Waals surface area contributed by atoms with Gasteiger partial charge in [-0.25, -0.2) is 0 Å². The van der Waals surface area contributed by atoms with Crippen molar-refractivity contribution in [1.82, 2.24) is 4.90 Å². The van der Waals surface area contributed by atoms with Gasteiger partial charge in [0.1, 0.15) is 0 Å². The molecule has 1 aliphatic heterocycles. The van der Waals surface area contributed by atoms with E-state index in [9.17, 15) is 0 Å². The first-order valence-electron chi connectivity index (χ1n) is 6.76. The summed E-state index contributed by atoms with van der Waals surface area (Å²) in [5.41, 5.74) is 8.13. The first-order chi connectivity index (χ1) is 8.79. The monoisotopic (exact) mass is 265 g/mol. The van der Waals surface area contributed by atoms with Gasteiger partial charge in [-0.3, -0.25) is 4.90 Å². The topological polar surface area (TPSA) is 32.5 Å². The molecule has 0 spiro atoms. The lowest BCUT2D eigenvalue weighted by Crippen LogP contribution is -2.47. The van der Waals surface area contributed by atoms with E-state index in [2.05, 4.69) is 15.9 Å². The Kier molecular flexibility index (Phi) is 3.46. The van der Waals surface area contributed by atoms with Crippen LogP contribution in [0, 0.1) is 0 Å². The highest BCUT2D eigenvalue weighted by Gasteiger charge is 2.31. The van der Waals surface area contributed by atoms with Crippen LogP contribution in [0.5, 0.6) is 0 Å². The fraction of sp³-hybridized carbons (Fsp3) is 0.571. The van der Waals surface area contributed by atoms with Crippen LogP contribution in [0.3, 0.4) is 0 Å². The molecule has 3 nitrogen and oxygen atoms in total. The van der Waals surface area contributed by atoms with Gasteiger partial charge in [-0.05, 0) is 25.0 Å². The molecule has 0 aromatic heterocycles. The molecule has 98 valence electrons. The molecule has 0 amide bonds. The quantitative estimate of drug-likeness (QED) is 0.908. The Bertz CT molecular complexity index is 423. The van der Waals surface area contributed by atoms with Gasteiger partial charge in [0.05, 0.1) is 0 Å². The molecule has 18 heavy (non-hydrogen) atoms. The fourth-order valence-corrected chi connectivity index (χ4v) is 3.06. The number of anilines is 1. The first kappa shape index (κ1) is 12.3. The molecule has 0 unspecified atom stereocenters. The average molecular weight is 266 g/mol. The van der Waals surface area contributed by atoms with Crippen molar-refractivity contribution in [1.29, 1.82) is 0 Å². The molecule has 3 rings (SSSR count). The Hall–Kier alpha value is -0.770. The summed E-state index contributed by atoms with van der Waals surface area (Å²) in [6, 6.07) is 6.96. The van der Waals surface area contributed by atoms with Gasteiger partial charge in [-0.1, -0.05) is 17.7 Å². The third-order valence-electron chi connectivity index (χ3n) is 4.02. The first-order valence-corrected chi connectivity index (χ1v) is 7.14. The van der Waals surface area contributed by atoms with E-state index >= 15 is 0 Å². The molecule has 4 heteroatoms. The van der Waals surface area contributed by atoms with Crippen LogP contribution in [0.2, 0.25) is 5.02 Å². The molecule has 2 fully saturated rings. The Morgan fingerprint density at radius 1 is 1.17 bits per heavy atom. The molecular formula is C14H20ClN3. The van der Waals surface area contributed by atoms with E-state index in [0.29, 0.717) is 6.54 Å². The van der Waals surface area contributed by atoms with Crippen LogP contribution >= 0.6 is 11.6 Å². The summed E-state index contributed by atoms with van der Waals surface area (Å²) in [6.45, 7) is 5.02. The number of hydrogen-bond donors (Lipinski definition) is 1.